The SMILES string of the molecule is Cc1nn(C)c(C)c1C(C)C(=O)N1CCCCC1C(C)C. The number of hydrogen-bond acceptors (Lipinski definition) is 2. The third kappa shape index (κ3) is 2.99. The smallest absolute Gasteiger partial charge is 0.230 e. The number of aromatic nitrogens is 2. The van der Waals surface area contributed by atoms with E-state index in [9.17, 15) is 4.79 Å². The van der Waals surface area contributed by atoms with Gasteiger partial charge >= 0.3 is 0 Å². The summed E-state index contributed by atoms with van der Waals surface area (Å²) in [6.45, 7) is 11.4. The van der Waals surface area contributed by atoms with Crippen LogP contribution in [0, 0.1) is 19.8 Å². The van der Waals surface area contributed by atoms with Gasteiger partial charge in [0.1, 0.15) is 0 Å². The van der Waals surface area contributed by atoms with Crippen molar-refractivity contribution < 1.29 is 4.79 Å². The molecule has 1 aromatic heterocycles. The van der Waals surface area contributed by atoms with E-state index in [-0.39, 0.29) is 11.8 Å². The summed E-state index contributed by atoms with van der Waals surface area (Å²) in [5.41, 5.74) is 3.19. The van der Waals surface area contributed by atoms with Gasteiger partial charge in [-0.05, 0) is 46.0 Å². The third-order valence-corrected chi connectivity index (χ3v) is 4.97. The molecule has 1 aliphatic heterocycles. The molecule has 4 nitrogen and oxygen atoms in total. The van der Waals surface area contributed by atoms with Crippen molar-refractivity contribution in [3.8, 4) is 0 Å². The second kappa shape index (κ2) is 6.20. The Balaban J connectivity index is 2.25. The molecule has 118 valence electrons. The largest absolute Gasteiger partial charge is 0.339 e. The molecule has 4 heteroatoms. The summed E-state index contributed by atoms with van der Waals surface area (Å²) in [7, 11) is 1.95. The molecule has 2 unspecified atom stereocenters. The molecule has 2 atom stereocenters. The Hall–Kier alpha value is -1.32. The van der Waals surface area contributed by atoms with Crippen molar-refractivity contribution in [3.05, 3.63) is 17.0 Å². The Morgan fingerprint density at radius 2 is 1.90 bits per heavy atom. The fraction of sp³-hybridized carbons (Fsp3) is 0.765. The van der Waals surface area contributed by atoms with Gasteiger partial charge in [-0.2, -0.15) is 5.10 Å². The van der Waals surface area contributed by atoms with Gasteiger partial charge in [0.25, 0.3) is 0 Å². The van der Waals surface area contributed by atoms with Crippen molar-refractivity contribution in [1.29, 1.82) is 0 Å². The second-order valence-electron chi connectivity index (χ2n) is 6.77. The number of hydrogen-bond donors (Lipinski definition) is 0. The lowest BCUT2D eigenvalue weighted by molar-refractivity contribution is -0.137. The average Bonchev–Trinajstić information content (AvgIpc) is 2.70. The van der Waals surface area contributed by atoms with Crippen molar-refractivity contribution in [2.45, 2.75) is 65.8 Å². The van der Waals surface area contributed by atoms with E-state index in [2.05, 4.69) is 30.8 Å². The van der Waals surface area contributed by atoms with Gasteiger partial charge in [-0.1, -0.05) is 13.8 Å². The number of likely N-dealkylation sites (tertiary alicyclic amines) is 1. The lowest BCUT2D eigenvalue weighted by atomic mass is 9.90. The summed E-state index contributed by atoms with van der Waals surface area (Å²) in [6, 6.07) is 0.394. The van der Waals surface area contributed by atoms with E-state index in [0.29, 0.717) is 12.0 Å². The molecule has 0 N–H and O–H groups in total. The van der Waals surface area contributed by atoms with E-state index in [1.165, 1.54) is 6.42 Å². The van der Waals surface area contributed by atoms with Gasteiger partial charge in [0, 0.05) is 30.9 Å². The quantitative estimate of drug-likeness (QED) is 0.858. The van der Waals surface area contributed by atoms with Crippen LogP contribution in [-0.2, 0) is 11.8 Å². The summed E-state index contributed by atoms with van der Waals surface area (Å²) < 4.78 is 1.88. The van der Waals surface area contributed by atoms with E-state index in [4.69, 9.17) is 0 Å². The van der Waals surface area contributed by atoms with Crippen molar-refractivity contribution in [3.63, 3.8) is 0 Å². The molecule has 0 spiro atoms. The molecule has 1 aliphatic rings. The fourth-order valence-corrected chi connectivity index (χ4v) is 3.71. The standard InChI is InChI=1S/C17H29N3O/c1-11(2)15-9-7-8-10-20(15)17(21)12(3)16-13(4)18-19(6)14(16)5/h11-12,15H,7-10H2,1-6H3. The number of aryl methyl sites for hydroxylation is 2. The monoisotopic (exact) mass is 291 g/mol. The van der Waals surface area contributed by atoms with Crippen molar-refractivity contribution in [1.82, 2.24) is 14.7 Å². The van der Waals surface area contributed by atoms with E-state index in [1.54, 1.807) is 0 Å². The summed E-state index contributed by atoms with van der Waals surface area (Å²) in [5.74, 6) is 0.697. The molecule has 0 saturated carbocycles. The maximum Gasteiger partial charge on any atom is 0.230 e. The number of rotatable bonds is 3. The van der Waals surface area contributed by atoms with E-state index < -0.39 is 0 Å². The maximum atomic E-state index is 13.0. The highest BCUT2D eigenvalue weighted by atomic mass is 16.2. The van der Waals surface area contributed by atoms with Gasteiger partial charge in [-0.25, -0.2) is 0 Å². The molecule has 0 radical (unpaired) electrons. The van der Waals surface area contributed by atoms with Gasteiger partial charge in [-0.15, -0.1) is 0 Å². The van der Waals surface area contributed by atoms with Crippen LogP contribution in [0.25, 0.3) is 0 Å². The molecule has 1 saturated heterocycles. The van der Waals surface area contributed by atoms with Gasteiger partial charge in [0.05, 0.1) is 11.6 Å². The molecule has 1 amide bonds. The maximum absolute atomic E-state index is 13.0. The summed E-state index contributed by atoms with van der Waals surface area (Å²) in [4.78, 5) is 15.1. The molecule has 2 rings (SSSR count). The molecule has 0 bridgehead atoms. The zero-order valence-corrected chi connectivity index (χ0v) is 14.3. The van der Waals surface area contributed by atoms with Gasteiger partial charge < -0.3 is 4.90 Å². The van der Waals surface area contributed by atoms with Crippen LogP contribution < -0.4 is 0 Å². The second-order valence-corrected chi connectivity index (χ2v) is 6.77. The van der Waals surface area contributed by atoms with E-state index in [1.807, 2.05) is 25.6 Å². The third-order valence-electron chi connectivity index (χ3n) is 4.97. The first-order valence-corrected chi connectivity index (χ1v) is 8.15. The molecule has 0 aliphatic carbocycles. The van der Waals surface area contributed by atoms with Gasteiger partial charge in [0.15, 0.2) is 0 Å². The van der Waals surface area contributed by atoms with Crippen LogP contribution in [0.1, 0.15) is 62.9 Å². The number of carbonyl (C=O) groups excluding carboxylic acids is 1. The Kier molecular flexibility index (Phi) is 4.74. The predicted molar refractivity (Wildman–Crippen MR) is 85.3 cm³/mol. The lowest BCUT2D eigenvalue weighted by Crippen LogP contribution is -2.48. The molecule has 1 fully saturated rings. The normalized spacial score (nSPS) is 20.9. The van der Waals surface area contributed by atoms with Crippen LogP contribution in [0.15, 0.2) is 0 Å². The van der Waals surface area contributed by atoms with Crippen LogP contribution in [0.2, 0.25) is 0 Å². The Labute approximate surface area is 128 Å². The summed E-state index contributed by atoms with van der Waals surface area (Å²) in [5, 5.41) is 4.46. The summed E-state index contributed by atoms with van der Waals surface area (Å²) in [6.07, 6.45) is 3.51. The van der Waals surface area contributed by atoms with Crippen LogP contribution in [-0.4, -0.2) is 33.2 Å². The zero-order chi connectivity index (χ0) is 15.7. The minimum absolute atomic E-state index is 0.0990. The number of carbonyl (C=O) groups is 1. The highest BCUT2D eigenvalue weighted by Crippen LogP contribution is 2.30. The average molecular weight is 291 g/mol. The van der Waals surface area contributed by atoms with E-state index >= 15 is 0 Å². The van der Waals surface area contributed by atoms with E-state index in [0.717, 1.165) is 36.3 Å². The summed E-state index contributed by atoms with van der Waals surface area (Å²) >= 11 is 0. The van der Waals surface area contributed by atoms with Crippen molar-refractivity contribution in [2.24, 2.45) is 13.0 Å². The topological polar surface area (TPSA) is 38.1 Å². The minimum Gasteiger partial charge on any atom is -0.339 e. The Morgan fingerprint density at radius 3 is 2.43 bits per heavy atom. The first kappa shape index (κ1) is 16.1. The predicted octanol–water partition coefficient (Wildman–Crippen LogP) is 3.18. The first-order valence-electron chi connectivity index (χ1n) is 8.15. The van der Waals surface area contributed by atoms with Crippen LogP contribution in [0.5, 0.6) is 0 Å². The van der Waals surface area contributed by atoms with Crippen LogP contribution in [0.3, 0.4) is 0 Å². The van der Waals surface area contributed by atoms with Crippen LogP contribution in [0.4, 0.5) is 0 Å². The molecule has 0 aromatic carbocycles. The molecule has 2 heterocycles. The highest BCUT2D eigenvalue weighted by molar-refractivity contribution is 5.84. The van der Waals surface area contributed by atoms with Gasteiger partial charge in [0.2, 0.25) is 5.91 Å². The molecular weight excluding hydrogens is 262 g/mol. The highest BCUT2D eigenvalue weighted by Gasteiger charge is 2.33. The van der Waals surface area contributed by atoms with Gasteiger partial charge in [-0.3, -0.25) is 9.48 Å². The number of nitrogens with zero attached hydrogens (tertiary/aromatic N) is 3. The van der Waals surface area contributed by atoms with Crippen molar-refractivity contribution >= 4 is 5.91 Å². The Morgan fingerprint density at radius 1 is 1.24 bits per heavy atom. The minimum atomic E-state index is -0.0990. The lowest BCUT2D eigenvalue weighted by Gasteiger charge is -2.39. The first-order chi connectivity index (χ1) is 9.84. The zero-order valence-electron chi connectivity index (χ0n) is 14.3. The fourth-order valence-electron chi connectivity index (χ4n) is 3.71. The number of amides is 1. The van der Waals surface area contributed by atoms with Crippen molar-refractivity contribution in [2.75, 3.05) is 6.54 Å². The molecular formula is C17H29N3O. The van der Waals surface area contributed by atoms with Crippen LogP contribution >= 0.6 is 0 Å². The number of piperidine rings is 1. The molecule has 21 heavy (non-hydrogen) atoms. The molecule has 1 aromatic rings. The Bertz CT molecular complexity index is 518.